The van der Waals surface area contributed by atoms with E-state index in [-0.39, 0.29) is 0 Å². The first-order chi connectivity index (χ1) is 8.69. The molecule has 0 aromatic heterocycles. The fraction of sp³-hybridized carbons (Fsp3) is 0.200. The van der Waals surface area contributed by atoms with Crippen molar-refractivity contribution in [2.75, 3.05) is 0 Å². The van der Waals surface area contributed by atoms with Gasteiger partial charge in [-0.3, -0.25) is 0 Å². The van der Waals surface area contributed by atoms with E-state index in [4.69, 9.17) is 10.5 Å². The van der Waals surface area contributed by atoms with Crippen LogP contribution in [0.5, 0.6) is 5.75 Å². The summed E-state index contributed by atoms with van der Waals surface area (Å²) in [4.78, 5) is 0. The first-order valence-electron chi connectivity index (χ1n) is 5.86. The van der Waals surface area contributed by atoms with Crippen LogP contribution in [0.1, 0.15) is 16.7 Å². The molecule has 0 atom stereocenters. The van der Waals surface area contributed by atoms with Gasteiger partial charge in [0.15, 0.2) is 0 Å². The molecule has 0 fully saturated rings. The molecule has 0 bridgehead atoms. The van der Waals surface area contributed by atoms with Crippen LogP contribution in [0, 0.1) is 6.92 Å². The number of benzene rings is 2. The Hall–Kier alpha value is -1.32. The average molecular weight is 306 g/mol. The summed E-state index contributed by atoms with van der Waals surface area (Å²) >= 11 is 3.43. The van der Waals surface area contributed by atoms with Gasteiger partial charge >= 0.3 is 0 Å². The SMILES string of the molecule is Cc1cc(CN)ccc1COc1cccc(Br)c1. The van der Waals surface area contributed by atoms with Crippen LogP contribution in [-0.4, -0.2) is 0 Å². The smallest absolute Gasteiger partial charge is 0.120 e. The molecule has 0 aliphatic carbocycles. The van der Waals surface area contributed by atoms with Crippen LogP contribution < -0.4 is 10.5 Å². The van der Waals surface area contributed by atoms with E-state index in [1.807, 2.05) is 30.3 Å². The zero-order valence-electron chi connectivity index (χ0n) is 10.3. The molecule has 3 heteroatoms. The van der Waals surface area contributed by atoms with Crippen molar-refractivity contribution in [1.29, 1.82) is 0 Å². The molecule has 0 aliphatic heterocycles. The van der Waals surface area contributed by atoms with E-state index in [1.54, 1.807) is 0 Å². The van der Waals surface area contributed by atoms with Gasteiger partial charge in [-0.25, -0.2) is 0 Å². The molecule has 2 rings (SSSR count). The maximum Gasteiger partial charge on any atom is 0.120 e. The summed E-state index contributed by atoms with van der Waals surface area (Å²) in [6.07, 6.45) is 0. The summed E-state index contributed by atoms with van der Waals surface area (Å²) in [6.45, 7) is 3.24. The minimum atomic E-state index is 0.577. The third-order valence-electron chi connectivity index (χ3n) is 2.83. The van der Waals surface area contributed by atoms with Gasteiger partial charge in [-0.1, -0.05) is 40.2 Å². The van der Waals surface area contributed by atoms with E-state index < -0.39 is 0 Å². The Bertz CT molecular complexity index is 540. The van der Waals surface area contributed by atoms with Crippen molar-refractivity contribution < 1.29 is 4.74 Å². The van der Waals surface area contributed by atoms with Gasteiger partial charge in [-0.05, 0) is 41.8 Å². The van der Waals surface area contributed by atoms with E-state index in [9.17, 15) is 0 Å². The number of nitrogens with two attached hydrogens (primary N) is 1. The highest BCUT2D eigenvalue weighted by atomic mass is 79.9. The molecule has 0 aliphatic rings. The molecular weight excluding hydrogens is 290 g/mol. The summed E-state index contributed by atoms with van der Waals surface area (Å²) < 4.78 is 6.79. The highest BCUT2D eigenvalue weighted by Crippen LogP contribution is 2.20. The van der Waals surface area contributed by atoms with E-state index in [0.717, 1.165) is 15.8 Å². The Labute approximate surface area is 116 Å². The van der Waals surface area contributed by atoms with Crippen LogP contribution in [-0.2, 0) is 13.2 Å². The number of hydrogen-bond donors (Lipinski definition) is 1. The van der Waals surface area contributed by atoms with Crippen LogP contribution in [0.25, 0.3) is 0 Å². The second-order valence-electron chi connectivity index (χ2n) is 4.21. The fourth-order valence-electron chi connectivity index (χ4n) is 1.76. The van der Waals surface area contributed by atoms with E-state index in [1.165, 1.54) is 11.1 Å². The Kier molecular flexibility index (Phi) is 4.39. The van der Waals surface area contributed by atoms with Crippen LogP contribution in [0.2, 0.25) is 0 Å². The Morgan fingerprint density at radius 1 is 1.17 bits per heavy atom. The summed E-state index contributed by atoms with van der Waals surface area (Å²) in [6, 6.07) is 14.1. The molecule has 18 heavy (non-hydrogen) atoms. The zero-order valence-corrected chi connectivity index (χ0v) is 11.9. The van der Waals surface area contributed by atoms with Gasteiger partial charge in [0.2, 0.25) is 0 Å². The first-order valence-corrected chi connectivity index (χ1v) is 6.65. The third-order valence-corrected chi connectivity index (χ3v) is 3.33. The topological polar surface area (TPSA) is 35.2 Å². The Balaban J connectivity index is 2.06. The van der Waals surface area contributed by atoms with Crippen molar-refractivity contribution in [1.82, 2.24) is 0 Å². The molecule has 2 nitrogen and oxygen atoms in total. The molecule has 0 saturated carbocycles. The average Bonchev–Trinajstić information content (AvgIpc) is 2.37. The van der Waals surface area contributed by atoms with E-state index in [2.05, 4.69) is 35.0 Å². The molecule has 2 aromatic carbocycles. The van der Waals surface area contributed by atoms with Gasteiger partial charge in [0, 0.05) is 11.0 Å². The van der Waals surface area contributed by atoms with E-state index in [0.29, 0.717) is 13.2 Å². The summed E-state index contributed by atoms with van der Waals surface area (Å²) in [7, 11) is 0. The van der Waals surface area contributed by atoms with Crippen molar-refractivity contribution >= 4 is 15.9 Å². The van der Waals surface area contributed by atoms with Crippen LogP contribution in [0.15, 0.2) is 46.9 Å². The lowest BCUT2D eigenvalue weighted by atomic mass is 10.1. The molecule has 0 saturated heterocycles. The standard InChI is InChI=1S/C15H16BrNO/c1-11-7-12(9-17)5-6-13(11)10-18-15-4-2-3-14(16)8-15/h2-8H,9-10,17H2,1H3. The third kappa shape index (κ3) is 3.34. The highest BCUT2D eigenvalue weighted by molar-refractivity contribution is 9.10. The molecule has 0 heterocycles. The molecule has 0 radical (unpaired) electrons. The van der Waals surface area contributed by atoms with Crippen molar-refractivity contribution in [3.8, 4) is 5.75 Å². The number of aryl methyl sites for hydroxylation is 1. The second-order valence-corrected chi connectivity index (χ2v) is 5.13. The van der Waals surface area contributed by atoms with Crippen molar-refractivity contribution in [3.05, 3.63) is 63.6 Å². The van der Waals surface area contributed by atoms with Crippen LogP contribution in [0.4, 0.5) is 0 Å². The summed E-state index contributed by atoms with van der Waals surface area (Å²) in [5, 5.41) is 0. The minimum absolute atomic E-state index is 0.577. The van der Waals surface area contributed by atoms with Gasteiger partial charge in [0.1, 0.15) is 12.4 Å². The highest BCUT2D eigenvalue weighted by Gasteiger charge is 2.01. The lowest BCUT2D eigenvalue weighted by Crippen LogP contribution is -2.01. The number of ether oxygens (including phenoxy) is 1. The molecule has 0 spiro atoms. The molecule has 2 N–H and O–H groups in total. The Morgan fingerprint density at radius 2 is 2.00 bits per heavy atom. The van der Waals surface area contributed by atoms with Crippen molar-refractivity contribution in [2.24, 2.45) is 5.73 Å². The molecule has 0 unspecified atom stereocenters. The second kappa shape index (κ2) is 6.03. The summed E-state index contributed by atoms with van der Waals surface area (Å²) in [5.74, 6) is 0.867. The van der Waals surface area contributed by atoms with E-state index >= 15 is 0 Å². The zero-order chi connectivity index (χ0) is 13.0. The number of halogens is 1. The van der Waals surface area contributed by atoms with Crippen molar-refractivity contribution in [3.63, 3.8) is 0 Å². The van der Waals surface area contributed by atoms with Crippen LogP contribution in [0.3, 0.4) is 0 Å². The van der Waals surface area contributed by atoms with Gasteiger partial charge in [0.05, 0.1) is 0 Å². The van der Waals surface area contributed by atoms with Gasteiger partial charge in [-0.15, -0.1) is 0 Å². The van der Waals surface area contributed by atoms with Gasteiger partial charge in [0.25, 0.3) is 0 Å². The quantitative estimate of drug-likeness (QED) is 0.932. The monoisotopic (exact) mass is 305 g/mol. The van der Waals surface area contributed by atoms with Crippen molar-refractivity contribution in [2.45, 2.75) is 20.1 Å². The first kappa shape index (κ1) is 13.1. The summed E-state index contributed by atoms with van der Waals surface area (Å²) in [5.41, 5.74) is 9.17. The molecule has 94 valence electrons. The Morgan fingerprint density at radius 3 is 2.67 bits per heavy atom. The largest absolute Gasteiger partial charge is 0.489 e. The predicted octanol–water partition coefficient (Wildman–Crippen LogP) is 3.80. The lowest BCUT2D eigenvalue weighted by molar-refractivity contribution is 0.305. The number of rotatable bonds is 4. The van der Waals surface area contributed by atoms with Gasteiger partial charge in [-0.2, -0.15) is 0 Å². The minimum Gasteiger partial charge on any atom is -0.489 e. The normalized spacial score (nSPS) is 10.4. The predicted molar refractivity (Wildman–Crippen MR) is 77.5 cm³/mol. The molecule has 2 aromatic rings. The fourth-order valence-corrected chi connectivity index (χ4v) is 2.14. The van der Waals surface area contributed by atoms with Crippen LogP contribution >= 0.6 is 15.9 Å². The number of hydrogen-bond acceptors (Lipinski definition) is 2. The maximum atomic E-state index is 5.77. The molecule has 0 amide bonds. The maximum absolute atomic E-state index is 5.77. The van der Waals surface area contributed by atoms with Gasteiger partial charge < -0.3 is 10.5 Å². The molecular formula is C15H16BrNO. The lowest BCUT2D eigenvalue weighted by Gasteiger charge is -2.10.